The molecule has 1 nitrogen and oxygen atoms in total. The molecule has 1 aliphatic heterocycles. The van der Waals surface area contributed by atoms with Crippen LogP contribution in [-0.2, 0) is 4.74 Å². The fraction of sp³-hybridized carbons (Fsp3) is 1.00. The summed E-state index contributed by atoms with van der Waals surface area (Å²) in [7, 11) is 0. The normalized spacial score (nSPS) is 42.0. The molecule has 1 saturated carbocycles. The van der Waals surface area contributed by atoms with Crippen LogP contribution in [0.2, 0.25) is 0 Å². The molecule has 4 unspecified atom stereocenters. The minimum atomic E-state index is 0.674. The van der Waals surface area contributed by atoms with Crippen LogP contribution in [-0.4, -0.2) is 12.2 Å². The average molecular weight is 168 g/mol. The Hall–Kier alpha value is -0.0400. The van der Waals surface area contributed by atoms with E-state index in [4.69, 9.17) is 4.74 Å². The molecule has 0 aromatic rings. The molecular weight excluding hydrogens is 148 g/mol. The molecule has 2 rings (SSSR count). The number of ether oxygens (including phenoxy) is 1. The number of fused-ring (bicyclic) bond motifs is 1. The summed E-state index contributed by atoms with van der Waals surface area (Å²) in [6.45, 7) is 4.66. The minimum absolute atomic E-state index is 0.674. The largest absolute Gasteiger partial charge is 0.369 e. The van der Waals surface area contributed by atoms with Gasteiger partial charge in [0, 0.05) is 0 Å². The molecule has 0 amide bonds. The van der Waals surface area contributed by atoms with Gasteiger partial charge in [-0.3, -0.25) is 0 Å². The zero-order chi connectivity index (χ0) is 8.55. The summed E-state index contributed by atoms with van der Waals surface area (Å²) < 4.78 is 5.64. The van der Waals surface area contributed by atoms with E-state index in [2.05, 4.69) is 13.8 Å². The highest BCUT2D eigenvalue weighted by molar-refractivity contribution is 4.94. The first-order chi connectivity index (χ1) is 5.81. The second-order valence-electron chi connectivity index (χ2n) is 4.58. The fourth-order valence-electron chi connectivity index (χ4n) is 2.48. The first-order valence-electron chi connectivity index (χ1n) is 5.46. The van der Waals surface area contributed by atoms with Crippen LogP contribution in [0.4, 0.5) is 0 Å². The van der Waals surface area contributed by atoms with Gasteiger partial charge in [-0.1, -0.05) is 26.7 Å². The van der Waals surface area contributed by atoms with Gasteiger partial charge < -0.3 is 4.74 Å². The molecule has 0 aromatic heterocycles. The lowest BCUT2D eigenvalue weighted by atomic mass is 9.82. The number of rotatable bonds is 3. The molecule has 1 saturated heterocycles. The Morgan fingerprint density at radius 1 is 1.42 bits per heavy atom. The molecule has 70 valence electrons. The molecule has 0 aromatic carbocycles. The Kier molecular flexibility index (Phi) is 2.40. The van der Waals surface area contributed by atoms with Gasteiger partial charge in [0.15, 0.2) is 0 Å². The van der Waals surface area contributed by atoms with Crippen molar-refractivity contribution in [2.24, 2.45) is 11.8 Å². The van der Waals surface area contributed by atoms with Gasteiger partial charge in [-0.25, -0.2) is 0 Å². The lowest BCUT2D eigenvalue weighted by Gasteiger charge is -2.20. The van der Waals surface area contributed by atoms with E-state index in [0.717, 1.165) is 11.8 Å². The maximum Gasteiger partial charge on any atom is 0.0870 e. The fourth-order valence-corrected chi connectivity index (χ4v) is 2.48. The first-order valence-corrected chi connectivity index (χ1v) is 5.46. The molecule has 0 radical (unpaired) electrons. The molecule has 4 atom stereocenters. The van der Waals surface area contributed by atoms with E-state index in [9.17, 15) is 0 Å². The molecule has 1 heteroatoms. The molecule has 12 heavy (non-hydrogen) atoms. The van der Waals surface area contributed by atoms with Crippen LogP contribution in [0, 0.1) is 11.8 Å². The summed E-state index contributed by atoms with van der Waals surface area (Å²) in [6, 6.07) is 0. The lowest BCUT2D eigenvalue weighted by molar-refractivity contribution is 0.276. The Bertz CT molecular complexity index is 155. The number of epoxide rings is 1. The van der Waals surface area contributed by atoms with Gasteiger partial charge >= 0.3 is 0 Å². The van der Waals surface area contributed by atoms with E-state index in [0.29, 0.717) is 12.2 Å². The summed E-state index contributed by atoms with van der Waals surface area (Å²) in [6.07, 6.45) is 8.24. The summed E-state index contributed by atoms with van der Waals surface area (Å²) in [5, 5.41) is 0. The topological polar surface area (TPSA) is 12.5 Å². The second kappa shape index (κ2) is 3.37. The summed E-state index contributed by atoms with van der Waals surface area (Å²) in [4.78, 5) is 0. The van der Waals surface area contributed by atoms with Crippen molar-refractivity contribution < 1.29 is 4.74 Å². The van der Waals surface area contributed by atoms with Gasteiger partial charge in [0.2, 0.25) is 0 Å². The average Bonchev–Trinajstić information content (AvgIpc) is 2.84. The third-order valence-electron chi connectivity index (χ3n) is 3.55. The molecule has 0 spiro atoms. The van der Waals surface area contributed by atoms with E-state index < -0.39 is 0 Å². The standard InChI is InChI=1S/C11H20O/c1-3-8(2)7-9-5-4-6-10-11(9)12-10/h8-11H,3-7H2,1-2H3. The van der Waals surface area contributed by atoms with E-state index in [1.807, 2.05) is 0 Å². The third kappa shape index (κ3) is 1.66. The monoisotopic (exact) mass is 168 g/mol. The molecule has 2 fully saturated rings. The Balaban J connectivity index is 1.79. The van der Waals surface area contributed by atoms with Crippen molar-refractivity contribution in [3.63, 3.8) is 0 Å². The Labute approximate surface area is 75.5 Å². The third-order valence-corrected chi connectivity index (χ3v) is 3.55. The highest BCUT2D eigenvalue weighted by Gasteiger charge is 2.46. The molecule has 1 aliphatic carbocycles. The summed E-state index contributed by atoms with van der Waals surface area (Å²) in [5.41, 5.74) is 0. The van der Waals surface area contributed by atoms with E-state index in [1.54, 1.807) is 0 Å². The molecule has 0 bridgehead atoms. The van der Waals surface area contributed by atoms with Gasteiger partial charge in [-0.05, 0) is 31.1 Å². The van der Waals surface area contributed by atoms with E-state index >= 15 is 0 Å². The Morgan fingerprint density at radius 3 is 3.00 bits per heavy atom. The lowest BCUT2D eigenvalue weighted by Crippen LogP contribution is -2.18. The van der Waals surface area contributed by atoms with Crippen LogP contribution in [0.3, 0.4) is 0 Å². The quantitative estimate of drug-likeness (QED) is 0.590. The van der Waals surface area contributed by atoms with Crippen molar-refractivity contribution in [3.05, 3.63) is 0 Å². The van der Waals surface area contributed by atoms with Gasteiger partial charge in [-0.2, -0.15) is 0 Å². The van der Waals surface area contributed by atoms with Crippen LogP contribution < -0.4 is 0 Å². The SMILES string of the molecule is CCC(C)CC1CCCC2OC12. The summed E-state index contributed by atoms with van der Waals surface area (Å²) in [5.74, 6) is 1.80. The van der Waals surface area contributed by atoms with Gasteiger partial charge in [-0.15, -0.1) is 0 Å². The zero-order valence-electron chi connectivity index (χ0n) is 8.25. The van der Waals surface area contributed by atoms with Crippen LogP contribution in [0.1, 0.15) is 46.0 Å². The molecule has 2 aliphatic rings. The summed E-state index contributed by atoms with van der Waals surface area (Å²) >= 11 is 0. The van der Waals surface area contributed by atoms with Crippen molar-refractivity contribution in [3.8, 4) is 0 Å². The minimum Gasteiger partial charge on any atom is -0.369 e. The smallest absolute Gasteiger partial charge is 0.0870 e. The maximum atomic E-state index is 5.64. The van der Waals surface area contributed by atoms with Crippen LogP contribution in [0.5, 0.6) is 0 Å². The highest BCUT2D eigenvalue weighted by Crippen LogP contribution is 2.43. The van der Waals surface area contributed by atoms with Crippen LogP contribution in [0.25, 0.3) is 0 Å². The molecular formula is C11H20O. The highest BCUT2D eigenvalue weighted by atomic mass is 16.6. The number of hydrogen-bond acceptors (Lipinski definition) is 1. The van der Waals surface area contributed by atoms with E-state index in [-0.39, 0.29) is 0 Å². The van der Waals surface area contributed by atoms with Crippen LogP contribution in [0.15, 0.2) is 0 Å². The molecule has 0 N–H and O–H groups in total. The Morgan fingerprint density at radius 2 is 2.25 bits per heavy atom. The predicted molar refractivity (Wildman–Crippen MR) is 50.1 cm³/mol. The number of hydrogen-bond donors (Lipinski definition) is 0. The van der Waals surface area contributed by atoms with Gasteiger partial charge in [0.25, 0.3) is 0 Å². The van der Waals surface area contributed by atoms with Crippen molar-refractivity contribution >= 4 is 0 Å². The maximum absolute atomic E-state index is 5.64. The van der Waals surface area contributed by atoms with Gasteiger partial charge in [0.05, 0.1) is 12.2 Å². The van der Waals surface area contributed by atoms with Crippen LogP contribution >= 0.6 is 0 Å². The van der Waals surface area contributed by atoms with Crippen molar-refractivity contribution in [2.45, 2.75) is 58.2 Å². The van der Waals surface area contributed by atoms with Crippen molar-refractivity contribution in [2.75, 3.05) is 0 Å². The van der Waals surface area contributed by atoms with Crippen molar-refractivity contribution in [1.29, 1.82) is 0 Å². The zero-order valence-corrected chi connectivity index (χ0v) is 8.25. The first kappa shape index (κ1) is 8.55. The second-order valence-corrected chi connectivity index (χ2v) is 4.58. The molecule has 1 heterocycles. The van der Waals surface area contributed by atoms with Gasteiger partial charge in [0.1, 0.15) is 0 Å². The van der Waals surface area contributed by atoms with E-state index in [1.165, 1.54) is 32.1 Å². The van der Waals surface area contributed by atoms with Crippen molar-refractivity contribution in [1.82, 2.24) is 0 Å². The predicted octanol–water partition coefficient (Wildman–Crippen LogP) is 2.99.